The molecule has 0 unspecified atom stereocenters. The summed E-state index contributed by atoms with van der Waals surface area (Å²) >= 11 is 0. The summed E-state index contributed by atoms with van der Waals surface area (Å²) in [6.07, 6.45) is 7.76. The number of fused-ring (bicyclic) bond motifs is 1. The van der Waals surface area contributed by atoms with Crippen LogP contribution < -0.4 is 15.8 Å². The van der Waals surface area contributed by atoms with E-state index in [0.29, 0.717) is 41.9 Å². The van der Waals surface area contributed by atoms with Crippen LogP contribution in [0.15, 0.2) is 47.7 Å². The molecule has 0 radical (unpaired) electrons. The number of aryl methyl sites for hydroxylation is 2. The van der Waals surface area contributed by atoms with Crippen molar-refractivity contribution in [3.8, 4) is 11.1 Å². The molecule has 0 aromatic carbocycles. The Morgan fingerprint density at radius 1 is 1.32 bits per heavy atom. The van der Waals surface area contributed by atoms with E-state index in [1.165, 1.54) is 20.7 Å². The van der Waals surface area contributed by atoms with Crippen molar-refractivity contribution in [3.63, 3.8) is 0 Å². The number of aliphatic hydroxyl groups is 2. The number of carbonyl (C=O) groups excluding carboxylic acids is 1. The van der Waals surface area contributed by atoms with Gasteiger partial charge in [-0.05, 0) is 54.5 Å². The van der Waals surface area contributed by atoms with Crippen molar-refractivity contribution in [2.75, 3.05) is 16.8 Å². The van der Waals surface area contributed by atoms with Gasteiger partial charge in [0.15, 0.2) is 0 Å². The van der Waals surface area contributed by atoms with E-state index in [1.54, 1.807) is 31.6 Å². The first-order valence-corrected chi connectivity index (χ1v) is 12.4. The average molecular weight is 519 g/mol. The van der Waals surface area contributed by atoms with Crippen molar-refractivity contribution < 1.29 is 15.0 Å². The number of aliphatic hydroxyl groups excluding tert-OH is 2. The Morgan fingerprint density at radius 2 is 2.08 bits per heavy atom. The van der Waals surface area contributed by atoms with Gasteiger partial charge in [0.05, 0.1) is 12.9 Å². The fraction of sp³-hybridized carbons (Fsp3) is 0.357. The Hall–Kier alpha value is -4.18. The van der Waals surface area contributed by atoms with Crippen molar-refractivity contribution in [1.29, 1.82) is 5.41 Å². The number of hydrogen-bond donors (Lipinski definition) is 4. The predicted octanol–water partition coefficient (Wildman–Crippen LogP) is 3.30. The Morgan fingerprint density at radius 3 is 2.76 bits per heavy atom. The Bertz CT molecular complexity index is 1470. The standard InChI is InChI=1S/C28H34N6O4/c1-18-11-19-13-28(2,3)14-24(19)34(18)9-8-33(17-37)26-22(16-36)21(5-7-30-26)20-12-23(27(38)32(4)15-20)31-25(29)6-10-35/h5-7,10-12,15,17,35-36H,8-9,13-14,16H2,1-4H3,(H2,29,31)/b10-6-. The van der Waals surface area contributed by atoms with Crippen LogP contribution in [-0.4, -0.2) is 43.1 Å². The van der Waals surface area contributed by atoms with Crippen LogP contribution in [0.1, 0.15) is 36.4 Å². The first-order chi connectivity index (χ1) is 18.1. The van der Waals surface area contributed by atoms with Gasteiger partial charge in [-0.2, -0.15) is 0 Å². The molecule has 0 aliphatic heterocycles. The van der Waals surface area contributed by atoms with Gasteiger partial charge in [0.2, 0.25) is 6.41 Å². The summed E-state index contributed by atoms with van der Waals surface area (Å²) in [5.74, 6) is 0.183. The molecule has 200 valence electrons. The maximum atomic E-state index is 12.6. The molecule has 0 fully saturated rings. The van der Waals surface area contributed by atoms with Gasteiger partial charge in [-0.3, -0.25) is 19.9 Å². The molecule has 10 heteroatoms. The second-order valence-corrected chi connectivity index (χ2v) is 10.5. The average Bonchev–Trinajstić information content (AvgIpc) is 3.31. The Labute approximate surface area is 221 Å². The van der Waals surface area contributed by atoms with Crippen LogP contribution in [0.5, 0.6) is 0 Å². The molecule has 4 N–H and O–H groups in total. The third-order valence-corrected chi connectivity index (χ3v) is 6.98. The van der Waals surface area contributed by atoms with E-state index in [4.69, 9.17) is 10.5 Å². The second kappa shape index (κ2) is 10.7. The molecule has 3 aromatic heterocycles. The van der Waals surface area contributed by atoms with Crippen molar-refractivity contribution in [3.05, 3.63) is 75.8 Å². The maximum absolute atomic E-state index is 12.6. The SMILES string of the molecule is Cc1cc2c(n1CCN(C=O)c1nccc(-c3cc(NC(=N)/C=C\O)c(=O)n(C)c3)c1CO)CC(C)(C)C2. The number of pyridine rings is 2. The van der Waals surface area contributed by atoms with Gasteiger partial charge in [-0.25, -0.2) is 4.98 Å². The second-order valence-electron chi connectivity index (χ2n) is 10.5. The summed E-state index contributed by atoms with van der Waals surface area (Å²) in [6.45, 7) is 7.21. The fourth-order valence-electron chi connectivity index (χ4n) is 5.29. The van der Waals surface area contributed by atoms with Gasteiger partial charge in [-0.1, -0.05) is 13.8 Å². The van der Waals surface area contributed by atoms with Gasteiger partial charge in [0.25, 0.3) is 5.56 Å². The number of hydrogen-bond acceptors (Lipinski definition) is 6. The molecule has 4 rings (SSSR count). The number of aromatic nitrogens is 3. The number of amides is 1. The molecule has 1 amide bonds. The summed E-state index contributed by atoms with van der Waals surface area (Å²) < 4.78 is 3.63. The minimum atomic E-state index is -0.371. The van der Waals surface area contributed by atoms with Crippen LogP contribution in [-0.2, 0) is 37.8 Å². The molecular weight excluding hydrogens is 484 g/mol. The zero-order valence-electron chi connectivity index (χ0n) is 22.2. The number of anilines is 2. The van der Waals surface area contributed by atoms with E-state index in [9.17, 15) is 14.7 Å². The summed E-state index contributed by atoms with van der Waals surface area (Å²) in [6, 6.07) is 5.51. The van der Waals surface area contributed by atoms with Crippen LogP contribution in [0.25, 0.3) is 11.1 Å². The van der Waals surface area contributed by atoms with E-state index >= 15 is 0 Å². The molecule has 0 spiro atoms. The molecule has 1 aliphatic carbocycles. The van der Waals surface area contributed by atoms with Crippen molar-refractivity contribution >= 4 is 23.8 Å². The normalized spacial score (nSPS) is 14.0. The third-order valence-electron chi connectivity index (χ3n) is 6.98. The maximum Gasteiger partial charge on any atom is 0.274 e. The molecule has 10 nitrogen and oxygen atoms in total. The monoisotopic (exact) mass is 518 g/mol. The van der Waals surface area contributed by atoms with Crippen molar-refractivity contribution in [2.24, 2.45) is 12.5 Å². The Balaban J connectivity index is 1.67. The van der Waals surface area contributed by atoms with Gasteiger partial charge in [0, 0.05) is 61.1 Å². The highest BCUT2D eigenvalue weighted by atomic mass is 16.3. The van der Waals surface area contributed by atoms with Crippen LogP contribution in [0.2, 0.25) is 0 Å². The van der Waals surface area contributed by atoms with Gasteiger partial charge in [-0.15, -0.1) is 0 Å². The fourth-order valence-corrected chi connectivity index (χ4v) is 5.29. The van der Waals surface area contributed by atoms with Gasteiger partial charge >= 0.3 is 0 Å². The predicted molar refractivity (Wildman–Crippen MR) is 148 cm³/mol. The smallest absolute Gasteiger partial charge is 0.274 e. The topological polar surface area (TPSA) is 136 Å². The molecule has 38 heavy (non-hydrogen) atoms. The lowest BCUT2D eigenvalue weighted by atomic mass is 9.90. The minimum absolute atomic E-state index is 0.127. The highest BCUT2D eigenvalue weighted by Crippen LogP contribution is 2.38. The summed E-state index contributed by atoms with van der Waals surface area (Å²) in [5, 5.41) is 29.8. The molecule has 0 saturated heterocycles. The third kappa shape index (κ3) is 5.26. The quantitative estimate of drug-likeness (QED) is 0.149. The minimum Gasteiger partial charge on any atom is -0.515 e. The van der Waals surface area contributed by atoms with E-state index in [-0.39, 0.29) is 29.1 Å². The molecule has 3 aromatic rings. The lowest BCUT2D eigenvalue weighted by molar-refractivity contribution is -0.107. The number of nitrogens with zero attached hydrogens (tertiary/aromatic N) is 4. The van der Waals surface area contributed by atoms with Crippen LogP contribution >= 0.6 is 0 Å². The highest BCUT2D eigenvalue weighted by molar-refractivity contribution is 6.01. The number of amidine groups is 1. The van der Waals surface area contributed by atoms with Crippen LogP contribution in [0.4, 0.5) is 11.5 Å². The molecule has 3 heterocycles. The number of nitrogens with one attached hydrogen (secondary N) is 2. The van der Waals surface area contributed by atoms with E-state index in [0.717, 1.165) is 31.0 Å². The number of rotatable bonds is 9. The lowest BCUT2D eigenvalue weighted by Gasteiger charge is -2.23. The van der Waals surface area contributed by atoms with E-state index in [1.807, 2.05) is 0 Å². The molecule has 0 bridgehead atoms. The first-order valence-electron chi connectivity index (χ1n) is 12.4. The van der Waals surface area contributed by atoms with E-state index in [2.05, 4.69) is 41.7 Å². The molecular formula is C28H34N6O4. The number of carbonyl (C=O) groups is 1. The molecule has 0 saturated carbocycles. The van der Waals surface area contributed by atoms with Gasteiger partial charge in [0.1, 0.15) is 17.3 Å². The first kappa shape index (κ1) is 26.9. The zero-order chi connectivity index (χ0) is 27.6. The zero-order valence-corrected chi connectivity index (χ0v) is 22.2. The lowest BCUT2D eigenvalue weighted by Crippen LogP contribution is -2.29. The van der Waals surface area contributed by atoms with E-state index < -0.39 is 0 Å². The van der Waals surface area contributed by atoms with Crippen LogP contribution in [0, 0.1) is 17.7 Å². The van der Waals surface area contributed by atoms with Crippen molar-refractivity contribution in [1.82, 2.24) is 14.1 Å². The largest absolute Gasteiger partial charge is 0.515 e. The van der Waals surface area contributed by atoms with Crippen LogP contribution in [0.3, 0.4) is 0 Å². The summed E-state index contributed by atoms with van der Waals surface area (Å²) in [5.41, 5.74) is 5.47. The Kier molecular flexibility index (Phi) is 7.54. The summed E-state index contributed by atoms with van der Waals surface area (Å²) in [7, 11) is 1.58. The highest BCUT2D eigenvalue weighted by Gasteiger charge is 2.32. The van der Waals surface area contributed by atoms with Crippen molar-refractivity contribution in [2.45, 2.75) is 46.8 Å². The van der Waals surface area contributed by atoms with Gasteiger partial charge < -0.3 is 24.7 Å². The molecule has 1 aliphatic rings. The molecule has 0 atom stereocenters. The summed E-state index contributed by atoms with van der Waals surface area (Å²) in [4.78, 5) is 30.8.